The fourth-order valence-corrected chi connectivity index (χ4v) is 5.51. The van der Waals surface area contributed by atoms with E-state index in [9.17, 15) is 9.59 Å². The maximum atomic E-state index is 13.2. The molecule has 32 heavy (non-hydrogen) atoms. The lowest BCUT2D eigenvalue weighted by Gasteiger charge is -2.34. The number of hydrogen-bond donors (Lipinski definition) is 0. The standard InChI is InChI=1S/C25H30N4O2S/c30-24(28-15-13-27(14-16-28)12-10-20-6-5-17-32-20)19-8-9-21-22(18-19)26-23-7-3-1-2-4-11-29(23)25(21)31/h5-6,8-9,17-18H,1-4,7,10-16H2. The van der Waals surface area contributed by atoms with Crippen LogP contribution in [0.4, 0.5) is 0 Å². The van der Waals surface area contributed by atoms with Crippen LogP contribution in [0.25, 0.3) is 10.9 Å². The van der Waals surface area contributed by atoms with Crippen LogP contribution in [0.5, 0.6) is 0 Å². The molecule has 0 atom stereocenters. The van der Waals surface area contributed by atoms with Crippen molar-refractivity contribution in [1.29, 1.82) is 0 Å². The number of rotatable bonds is 4. The number of piperazine rings is 1. The highest BCUT2D eigenvalue weighted by molar-refractivity contribution is 7.09. The van der Waals surface area contributed by atoms with E-state index < -0.39 is 0 Å². The van der Waals surface area contributed by atoms with E-state index in [1.807, 2.05) is 15.5 Å². The monoisotopic (exact) mass is 450 g/mol. The van der Waals surface area contributed by atoms with E-state index in [-0.39, 0.29) is 11.5 Å². The molecule has 1 aromatic carbocycles. The van der Waals surface area contributed by atoms with Crippen molar-refractivity contribution < 1.29 is 4.79 Å². The molecule has 5 rings (SSSR count). The Morgan fingerprint density at radius 2 is 1.84 bits per heavy atom. The summed E-state index contributed by atoms with van der Waals surface area (Å²) >= 11 is 1.81. The quantitative estimate of drug-likeness (QED) is 0.610. The SMILES string of the molecule is O=C(c1ccc2c(=O)n3c(nc2c1)CCCCCC3)N1CCN(CCc2cccs2)CC1. The smallest absolute Gasteiger partial charge is 0.261 e. The molecular formula is C25H30N4O2S. The van der Waals surface area contributed by atoms with Crippen molar-refractivity contribution in [2.45, 2.75) is 45.1 Å². The summed E-state index contributed by atoms with van der Waals surface area (Å²) in [7, 11) is 0. The molecule has 168 valence electrons. The minimum Gasteiger partial charge on any atom is -0.336 e. The molecule has 6 nitrogen and oxygen atoms in total. The minimum atomic E-state index is 0.0326. The van der Waals surface area contributed by atoms with Gasteiger partial charge in [-0.1, -0.05) is 18.9 Å². The summed E-state index contributed by atoms with van der Waals surface area (Å²) in [6, 6.07) is 9.70. The minimum absolute atomic E-state index is 0.0326. The first-order valence-corrected chi connectivity index (χ1v) is 12.6. The largest absolute Gasteiger partial charge is 0.336 e. The Morgan fingerprint density at radius 3 is 2.66 bits per heavy atom. The molecule has 1 saturated heterocycles. The van der Waals surface area contributed by atoms with Crippen molar-refractivity contribution in [2.24, 2.45) is 0 Å². The number of carbonyl (C=O) groups is 1. The summed E-state index contributed by atoms with van der Waals surface area (Å²) < 4.78 is 1.85. The summed E-state index contributed by atoms with van der Waals surface area (Å²) in [6.45, 7) is 5.06. The van der Waals surface area contributed by atoms with Crippen LogP contribution in [0.1, 0.15) is 46.7 Å². The number of nitrogens with zero attached hydrogens (tertiary/aromatic N) is 4. The molecule has 2 aliphatic heterocycles. The number of aromatic nitrogens is 2. The molecule has 1 fully saturated rings. The first-order chi connectivity index (χ1) is 15.7. The molecule has 1 amide bonds. The van der Waals surface area contributed by atoms with Gasteiger partial charge in [0.05, 0.1) is 10.9 Å². The van der Waals surface area contributed by atoms with Crippen LogP contribution in [0.15, 0.2) is 40.5 Å². The summed E-state index contributed by atoms with van der Waals surface area (Å²) in [6.07, 6.45) is 6.34. The van der Waals surface area contributed by atoms with Crippen LogP contribution in [0.3, 0.4) is 0 Å². The van der Waals surface area contributed by atoms with Crippen LogP contribution >= 0.6 is 11.3 Å². The van der Waals surface area contributed by atoms with Crippen molar-refractivity contribution in [3.63, 3.8) is 0 Å². The zero-order chi connectivity index (χ0) is 21.9. The van der Waals surface area contributed by atoms with E-state index in [2.05, 4.69) is 22.4 Å². The molecule has 0 radical (unpaired) electrons. The molecule has 0 spiro atoms. The molecule has 2 aliphatic rings. The lowest BCUT2D eigenvalue weighted by Crippen LogP contribution is -2.49. The van der Waals surface area contributed by atoms with Gasteiger partial charge in [-0.2, -0.15) is 0 Å². The van der Waals surface area contributed by atoms with Crippen LogP contribution in [0, 0.1) is 0 Å². The van der Waals surface area contributed by atoms with Gasteiger partial charge in [0.1, 0.15) is 5.82 Å². The number of carbonyl (C=O) groups excluding carboxylic acids is 1. The fraction of sp³-hybridized carbons (Fsp3) is 0.480. The molecule has 0 unspecified atom stereocenters. The molecule has 4 heterocycles. The van der Waals surface area contributed by atoms with Crippen molar-refractivity contribution in [1.82, 2.24) is 19.4 Å². The van der Waals surface area contributed by atoms with Gasteiger partial charge in [-0.25, -0.2) is 4.98 Å². The van der Waals surface area contributed by atoms with Gasteiger partial charge in [0.15, 0.2) is 0 Å². The van der Waals surface area contributed by atoms with Gasteiger partial charge < -0.3 is 4.90 Å². The maximum absolute atomic E-state index is 13.2. The molecule has 0 bridgehead atoms. The van der Waals surface area contributed by atoms with Crippen molar-refractivity contribution in [3.8, 4) is 0 Å². The molecule has 7 heteroatoms. The topological polar surface area (TPSA) is 58.4 Å². The zero-order valence-corrected chi connectivity index (χ0v) is 19.3. The Balaban J connectivity index is 1.28. The average Bonchev–Trinajstić information content (AvgIpc) is 3.32. The third-order valence-electron chi connectivity index (χ3n) is 6.73. The Hall–Kier alpha value is -2.51. The van der Waals surface area contributed by atoms with Crippen molar-refractivity contribution in [2.75, 3.05) is 32.7 Å². The molecule has 3 aromatic rings. The van der Waals surface area contributed by atoms with Gasteiger partial charge in [-0.15, -0.1) is 11.3 Å². The van der Waals surface area contributed by atoms with Crippen molar-refractivity contribution >= 4 is 28.1 Å². The first kappa shape index (κ1) is 21.3. The lowest BCUT2D eigenvalue weighted by atomic mass is 10.1. The Labute approximate surface area is 192 Å². The molecule has 0 N–H and O–H groups in total. The maximum Gasteiger partial charge on any atom is 0.261 e. The predicted molar refractivity (Wildman–Crippen MR) is 129 cm³/mol. The van der Waals surface area contributed by atoms with Gasteiger partial charge in [0.25, 0.3) is 11.5 Å². The van der Waals surface area contributed by atoms with Crippen LogP contribution in [0.2, 0.25) is 0 Å². The number of aryl methyl sites for hydroxylation is 1. The van der Waals surface area contributed by atoms with Crippen molar-refractivity contribution in [3.05, 3.63) is 62.3 Å². The average molecular weight is 451 g/mol. The number of thiophene rings is 1. The molecule has 2 aromatic heterocycles. The number of benzene rings is 1. The van der Waals surface area contributed by atoms with E-state index in [4.69, 9.17) is 4.98 Å². The predicted octanol–water partition coefficient (Wildman–Crippen LogP) is 3.58. The second kappa shape index (κ2) is 9.55. The van der Waals surface area contributed by atoms with Gasteiger partial charge in [0, 0.05) is 56.1 Å². The van der Waals surface area contributed by atoms with E-state index in [1.165, 1.54) is 17.7 Å². The highest BCUT2D eigenvalue weighted by Crippen LogP contribution is 2.18. The van der Waals surface area contributed by atoms with E-state index in [0.717, 1.165) is 70.8 Å². The molecular weight excluding hydrogens is 420 g/mol. The summed E-state index contributed by atoms with van der Waals surface area (Å²) in [4.78, 5) is 36.8. The highest BCUT2D eigenvalue weighted by atomic mass is 32.1. The fourth-order valence-electron chi connectivity index (χ4n) is 4.81. The Bertz CT molecular complexity index is 1150. The third kappa shape index (κ3) is 4.50. The van der Waals surface area contributed by atoms with Gasteiger partial charge in [-0.3, -0.25) is 19.1 Å². The van der Waals surface area contributed by atoms with Crippen LogP contribution in [-0.2, 0) is 19.4 Å². The Morgan fingerprint density at radius 1 is 1.00 bits per heavy atom. The number of amides is 1. The summed E-state index contributed by atoms with van der Waals surface area (Å²) in [5.74, 6) is 0.907. The van der Waals surface area contributed by atoms with Gasteiger partial charge in [0.2, 0.25) is 0 Å². The van der Waals surface area contributed by atoms with E-state index in [1.54, 1.807) is 23.5 Å². The number of fused-ring (bicyclic) bond motifs is 2. The third-order valence-corrected chi connectivity index (χ3v) is 7.66. The zero-order valence-electron chi connectivity index (χ0n) is 18.5. The normalized spacial score (nSPS) is 17.7. The molecule has 0 saturated carbocycles. The van der Waals surface area contributed by atoms with Gasteiger partial charge >= 0.3 is 0 Å². The first-order valence-electron chi connectivity index (χ1n) is 11.8. The van der Waals surface area contributed by atoms with Crippen LogP contribution < -0.4 is 5.56 Å². The second-order valence-electron chi connectivity index (χ2n) is 8.84. The van der Waals surface area contributed by atoms with E-state index in [0.29, 0.717) is 16.5 Å². The lowest BCUT2D eigenvalue weighted by molar-refractivity contribution is 0.0639. The Kier molecular flexibility index (Phi) is 6.37. The second-order valence-corrected chi connectivity index (χ2v) is 9.88. The molecule has 0 aliphatic carbocycles. The van der Waals surface area contributed by atoms with E-state index >= 15 is 0 Å². The summed E-state index contributed by atoms with van der Waals surface area (Å²) in [5, 5.41) is 2.74. The number of hydrogen-bond acceptors (Lipinski definition) is 5. The summed E-state index contributed by atoms with van der Waals surface area (Å²) in [5.41, 5.74) is 1.32. The highest BCUT2D eigenvalue weighted by Gasteiger charge is 2.23. The van der Waals surface area contributed by atoms with Gasteiger partial charge in [-0.05, 0) is 48.9 Å². The van der Waals surface area contributed by atoms with Crippen LogP contribution in [-0.4, -0.2) is 58.0 Å².